The molecular weight excluding hydrogens is 331 g/mol. The van der Waals surface area contributed by atoms with Crippen molar-refractivity contribution in [1.82, 2.24) is 0 Å². The first-order valence-corrected chi connectivity index (χ1v) is 11.1. The molecular formula is C22H23ClP+. The van der Waals surface area contributed by atoms with Gasteiger partial charge in [0, 0.05) is 0 Å². The number of hydrogen-bond donors (Lipinski definition) is 0. The van der Waals surface area contributed by atoms with E-state index in [9.17, 15) is 0 Å². The van der Waals surface area contributed by atoms with Crippen LogP contribution < -0.4 is 10.6 Å². The second-order valence-electron chi connectivity index (χ2n) is 6.42. The zero-order valence-electron chi connectivity index (χ0n) is 14.5. The van der Waals surface area contributed by atoms with Gasteiger partial charge in [0.1, 0.15) is 16.8 Å². The van der Waals surface area contributed by atoms with Gasteiger partial charge in [0.25, 0.3) is 0 Å². The Labute approximate surface area is 150 Å². The molecule has 0 spiro atoms. The third kappa shape index (κ3) is 3.41. The van der Waals surface area contributed by atoms with Gasteiger partial charge >= 0.3 is 0 Å². The van der Waals surface area contributed by atoms with Gasteiger partial charge in [-0.05, 0) is 61.7 Å². The maximum atomic E-state index is 7.42. The van der Waals surface area contributed by atoms with Crippen LogP contribution in [0.3, 0.4) is 0 Å². The van der Waals surface area contributed by atoms with Gasteiger partial charge < -0.3 is 0 Å². The van der Waals surface area contributed by atoms with Crippen molar-refractivity contribution in [2.24, 2.45) is 0 Å². The Balaban J connectivity index is 2.14. The average molecular weight is 354 g/mol. The van der Waals surface area contributed by atoms with Crippen LogP contribution in [0, 0.1) is 20.8 Å². The maximum Gasteiger partial charge on any atom is 0.182 e. The van der Waals surface area contributed by atoms with Crippen molar-refractivity contribution < 1.29 is 0 Å². The van der Waals surface area contributed by atoms with Crippen LogP contribution in [0.25, 0.3) is 0 Å². The van der Waals surface area contributed by atoms with Gasteiger partial charge in [0.2, 0.25) is 0 Å². The average Bonchev–Trinajstić information content (AvgIpc) is 2.59. The minimum Gasteiger partial charge on any atom is -0.0620 e. The maximum absolute atomic E-state index is 7.42. The minimum atomic E-state index is -1.99. The van der Waals surface area contributed by atoms with E-state index >= 15 is 0 Å². The third-order valence-electron chi connectivity index (χ3n) is 4.55. The Morgan fingerprint density at radius 2 is 1.12 bits per heavy atom. The molecule has 2 heteroatoms. The summed E-state index contributed by atoms with van der Waals surface area (Å²) in [6.07, 6.45) is 0.889. The van der Waals surface area contributed by atoms with Crippen LogP contribution in [0.1, 0.15) is 22.3 Å². The standard InChI is InChI=1S/C22H23ClP/c1-17-14-18(2)22(19(3)15-17)16-24(23,20-10-6-4-7-11-20)21-12-8-5-9-13-21/h4-15H,16H2,1-3H3/q+1. The third-order valence-corrected chi connectivity index (χ3v) is 9.06. The zero-order valence-corrected chi connectivity index (χ0v) is 16.1. The topological polar surface area (TPSA) is 0 Å². The molecule has 0 aliphatic heterocycles. The van der Waals surface area contributed by atoms with Gasteiger partial charge in [-0.15, -0.1) is 0 Å². The highest BCUT2D eigenvalue weighted by Crippen LogP contribution is 2.64. The second kappa shape index (κ2) is 7.09. The van der Waals surface area contributed by atoms with Gasteiger partial charge in [-0.25, -0.2) is 0 Å². The predicted octanol–water partition coefficient (Wildman–Crippen LogP) is 5.93. The molecule has 0 saturated carbocycles. The van der Waals surface area contributed by atoms with Crippen molar-refractivity contribution in [1.29, 1.82) is 0 Å². The highest BCUT2D eigenvalue weighted by molar-refractivity contribution is 8.09. The van der Waals surface area contributed by atoms with Gasteiger partial charge in [0.15, 0.2) is 6.62 Å². The summed E-state index contributed by atoms with van der Waals surface area (Å²) < 4.78 is 0. The van der Waals surface area contributed by atoms with Crippen molar-refractivity contribution >= 4 is 28.5 Å². The van der Waals surface area contributed by atoms with Crippen molar-refractivity contribution in [2.75, 3.05) is 0 Å². The molecule has 0 aromatic heterocycles. The molecule has 122 valence electrons. The summed E-state index contributed by atoms with van der Waals surface area (Å²) in [5.74, 6) is 0. The monoisotopic (exact) mass is 353 g/mol. The molecule has 0 aliphatic carbocycles. The molecule has 0 radical (unpaired) electrons. The second-order valence-corrected chi connectivity index (χ2v) is 10.9. The van der Waals surface area contributed by atoms with E-state index in [-0.39, 0.29) is 0 Å². The summed E-state index contributed by atoms with van der Waals surface area (Å²) >= 11 is 7.42. The first-order chi connectivity index (χ1) is 11.5. The van der Waals surface area contributed by atoms with E-state index in [1.807, 2.05) is 0 Å². The van der Waals surface area contributed by atoms with Crippen LogP contribution in [0.2, 0.25) is 0 Å². The van der Waals surface area contributed by atoms with Crippen molar-refractivity contribution in [3.05, 3.63) is 95.1 Å². The molecule has 0 nitrogen and oxygen atoms in total. The fourth-order valence-electron chi connectivity index (χ4n) is 3.34. The van der Waals surface area contributed by atoms with E-state index in [1.54, 1.807) is 0 Å². The van der Waals surface area contributed by atoms with Crippen molar-refractivity contribution in [3.8, 4) is 0 Å². The molecule has 0 atom stereocenters. The Bertz CT molecular complexity index is 763. The number of benzene rings is 3. The molecule has 0 amide bonds. The summed E-state index contributed by atoms with van der Waals surface area (Å²) in [4.78, 5) is 0. The van der Waals surface area contributed by atoms with Gasteiger partial charge in [0.05, 0.1) is 11.2 Å². The van der Waals surface area contributed by atoms with Crippen molar-refractivity contribution in [2.45, 2.75) is 26.9 Å². The van der Waals surface area contributed by atoms with Gasteiger partial charge in [-0.2, -0.15) is 0 Å². The molecule has 0 aliphatic rings. The van der Waals surface area contributed by atoms with Crippen molar-refractivity contribution in [3.63, 3.8) is 0 Å². The van der Waals surface area contributed by atoms with E-state index < -0.39 is 6.62 Å². The van der Waals surface area contributed by atoms with Gasteiger partial charge in [-0.3, -0.25) is 0 Å². The van der Waals surface area contributed by atoms with Crippen LogP contribution in [0.4, 0.5) is 0 Å². The molecule has 0 saturated heterocycles. The highest BCUT2D eigenvalue weighted by Gasteiger charge is 2.42. The van der Waals surface area contributed by atoms with Crippen LogP contribution >= 0.6 is 17.9 Å². The molecule has 0 bridgehead atoms. The molecule has 3 rings (SSSR count). The molecule has 24 heavy (non-hydrogen) atoms. The lowest BCUT2D eigenvalue weighted by Gasteiger charge is -2.21. The summed E-state index contributed by atoms with van der Waals surface area (Å²) in [6.45, 7) is 4.56. The van der Waals surface area contributed by atoms with E-state index in [0.717, 1.165) is 6.16 Å². The first kappa shape index (κ1) is 17.2. The van der Waals surface area contributed by atoms with Gasteiger partial charge in [-0.1, -0.05) is 54.1 Å². The van der Waals surface area contributed by atoms with E-state index in [2.05, 4.69) is 93.6 Å². The van der Waals surface area contributed by atoms with Crippen LogP contribution in [-0.4, -0.2) is 0 Å². The fourth-order valence-corrected chi connectivity index (χ4v) is 7.26. The lowest BCUT2D eigenvalue weighted by molar-refractivity contribution is 1.21. The fraction of sp³-hybridized carbons (Fsp3) is 0.182. The van der Waals surface area contributed by atoms with Crippen LogP contribution in [-0.2, 0) is 6.16 Å². The lowest BCUT2D eigenvalue weighted by Crippen LogP contribution is -2.20. The van der Waals surface area contributed by atoms with Crippen LogP contribution in [0.15, 0.2) is 72.8 Å². The first-order valence-electron chi connectivity index (χ1n) is 8.26. The number of aryl methyl sites for hydroxylation is 3. The smallest absolute Gasteiger partial charge is 0.0620 e. The predicted molar refractivity (Wildman–Crippen MR) is 109 cm³/mol. The Morgan fingerprint density at radius 1 is 0.708 bits per heavy atom. The molecule has 0 fully saturated rings. The molecule has 3 aromatic carbocycles. The molecule has 3 aromatic rings. The summed E-state index contributed by atoms with van der Waals surface area (Å²) in [7, 11) is 0. The Morgan fingerprint density at radius 3 is 1.54 bits per heavy atom. The highest BCUT2D eigenvalue weighted by atomic mass is 35.7. The summed E-state index contributed by atoms with van der Waals surface area (Å²) in [5.41, 5.74) is 5.37. The Kier molecular flexibility index (Phi) is 5.09. The Hall–Kier alpha value is -1.62. The van der Waals surface area contributed by atoms with E-state index in [0.29, 0.717) is 0 Å². The zero-order chi connectivity index (χ0) is 17.2. The van der Waals surface area contributed by atoms with E-state index in [4.69, 9.17) is 11.2 Å². The summed E-state index contributed by atoms with van der Waals surface area (Å²) in [6, 6.07) is 25.7. The quantitative estimate of drug-likeness (QED) is 0.509. The summed E-state index contributed by atoms with van der Waals surface area (Å²) in [5, 5.41) is 2.49. The molecule has 0 unspecified atom stereocenters. The normalized spacial score (nSPS) is 11.5. The number of halogens is 1. The van der Waals surface area contributed by atoms with Crippen LogP contribution in [0.5, 0.6) is 0 Å². The minimum absolute atomic E-state index is 0.889. The lowest BCUT2D eigenvalue weighted by atomic mass is 10.0. The number of rotatable bonds is 4. The SMILES string of the molecule is Cc1cc(C)c(C[P+](Cl)(c2ccccc2)c2ccccc2)c(C)c1. The van der Waals surface area contributed by atoms with E-state index in [1.165, 1.54) is 32.9 Å². The molecule has 0 N–H and O–H groups in total. The number of hydrogen-bond acceptors (Lipinski definition) is 0. The molecule has 0 heterocycles. The largest absolute Gasteiger partial charge is 0.182 e.